The molecule has 0 bridgehead atoms. The zero-order valence-electron chi connectivity index (χ0n) is 8.37. The Bertz CT molecular complexity index is 346. The van der Waals surface area contributed by atoms with E-state index < -0.39 is 6.09 Å². The largest absolute Gasteiger partial charge is 0.416 e. The first-order valence-corrected chi connectivity index (χ1v) is 5.40. The second-order valence-electron chi connectivity index (χ2n) is 2.80. The Morgan fingerprint density at radius 1 is 1.47 bits per heavy atom. The number of benzene rings is 1. The van der Waals surface area contributed by atoms with Gasteiger partial charge in [0.1, 0.15) is 5.75 Å². The lowest BCUT2D eigenvalue weighted by molar-refractivity contribution is 0.204. The Kier molecular flexibility index (Phi) is 4.90. The minimum atomic E-state index is -0.484. The molecular formula is C11H12BrNO2. The van der Waals surface area contributed by atoms with Crippen molar-refractivity contribution >= 4 is 22.0 Å². The minimum absolute atomic E-state index is 0.484. The highest BCUT2D eigenvalue weighted by Crippen LogP contribution is 2.15. The van der Waals surface area contributed by atoms with Gasteiger partial charge in [-0.15, -0.1) is 0 Å². The monoisotopic (exact) mass is 269 g/mol. The van der Waals surface area contributed by atoms with E-state index in [0.29, 0.717) is 5.75 Å². The average Bonchev–Trinajstić information content (AvgIpc) is 2.22. The second kappa shape index (κ2) is 6.24. The number of nitrogens with one attached hydrogen (secondary N) is 1. The van der Waals surface area contributed by atoms with E-state index in [1.807, 2.05) is 25.1 Å². The predicted octanol–water partition coefficient (Wildman–Crippen LogP) is 3.46. The van der Waals surface area contributed by atoms with Gasteiger partial charge in [0.2, 0.25) is 0 Å². The lowest BCUT2D eigenvalue weighted by atomic mass is 10.3. The molecule has 0 aliphatic carbocycles. The van der Waals surface area contributed by atoms with E-state index in [9.17, 15) is 4.79 Å². The van der Waals surface area contributed by atoms with E-state index in [1.165, 1.54) is 0 Å². The quantitative estimate of drug-likeness (QED) is 0.913. The zero-order chi connectivity index (χ0) is 11.1. The average molecular weight is 270 g/mol. The molecule has 0 spiro atoms. The fourth-order valence-electron chi connectivity index (χ4n) is 0.884. The van der Waals surface area contributed by atoms with Crippen LogP contribution in [0.2, 0.25) is 0 Å². The lowest BCUT2D eigenvalue weighted by Gasteiger charge is -2.02. The Morgan fingerprint density at radius 3 is 2.73 bits per heavy atom. The van der Waals surface area contributed by atoms with Crippen molar-refractivity contribution in [2.24, 2.45) is 0 Å². The van der Waals surface area contributed by atoms with Gasteiger partial charge in [0.15, 0.2) is 0 Å². The fourth-order valence-corrected chi connectivity index (χ4v) is 1.15. The Balaban J connectivity index is 2.44. The summed E-state index contributed by atoms with van der Waals surface area (Å²) in [4.78, 5) is 11.2. The van der Waals surface area contributed by atoms with Crippen LogP contribution in [0.5, 0.6) is 5.75 Å². The number of amides is 1. The van der Waals surface area contributed by atoms with E-state index in [0.717, 1.165) is 10.9 Å². The van der Waals surface area contributed by atoms with Gasteiger partial charge < -0.3 is 4.74 Å². The van der Waals surface area contributed by atoms with Crippen molar-refractivity contribution in [2.45, 2.75) is 13.3 Å². The van der Waals surface area contributed by atoms with Crippen LogP contribution in [0.15, 0.2) is 41.0 Å². The van der Waals surface area contributed by atoms with E-state index in [4.69, 9.17) is 4.74 Å². The van der Waals surface area contributed by atoms with Crippen molar-refractivity contribution in [3.63, 3.8) is 0 Å². The summed E-state index contributed by atoms with van der Waals surface area (Å²) in [7, 11) is 0. The summed E-state index contributed by atoms with van der Waals surface area (Å²) < 4.78 is 5.94. The lowest BCUT2D eigenvalue weighted by Crippen LogP contribution is -2.21. The maximum absolute atomic E-state index is 11.2. The van der Waals surface area contributed by atoms with Crippen molar-refractivity contribution < 1.29 is 9.53 Å². The van der Waals surface area contributed by atoms with Gasteiger partial charge >= 0.3 is 6.09 Å². The Hall–Kier alpha value is -1.29. The maximum Gasteiger partial charge on any atom is 0.416 e. The number of hydrogen-bond acceptors (Lipinski definition) is 2. The molecule has 0 fully saturated rings. The van der Waals surface area contributed by atoms with Crippen LogP contribution < -0.4 is 10.1 Å². The highest BCUT2D eigenvalue weighted by Gasteiger charge is 2.00. The highest BCUT2D eigenvalue weighted by atomic mass is 79.9. The summed E-state index contributed by atoms with van der Waals surface area (Å²) in [5.74, 6) is 0.514. The predicted molar refractivity (Wildman–Crippen MR) is 62.7 cm³/mol. The molecule has 15 heavy (non-hydrogen) atoms. The number of carbonyl (C=O) groups excluding carboxylic acids is 1. The van der Waals surface area contributed by atoms with Crippen LogP contribution in [0.3, 0.4) is 0 Å². The molecule has 0 aliphatic rings. The molecule has 0 atom stereocenters. The molecule has 4 heteroatoms. The van der Waals surface area contributed by atoms with Crippen molar-refractivity contribution in [3.05, 3.63) is 41.0 Å². The third-order valence-corrected chi connectivity index (χ3v) is 2.11. The van der Waals surface area contributed by atoms with E-state index in [1.54, 1.807) is 18.3 Å². The number of ether oxygens (including phenoxy) is 1. The number of hydrogen-bond donors (Lipinski definition) is 1. The number of rotatable bonds is 3. The number of carbonyl (C=O) groups is 1. The summed E-state index contributed by atoms with van der Waals surface area (Å²) in [6, 6.07) is 7.05. The molecule has 0 aromatic heterocycles. The molecule has 3 nitrogen and oxygen atoms in total. The molecule has 0 unspecified atom stereocenters. The summed E-state index contributed by atoms with van der Waals surface area (Å²) in [6.07, 6.45) is 3.80. The first-order chi connectivity index (χ1) is 7.22. The fraction of sp³-hybridized carbons (Fsp3) is 0.182. The molecular weight excluding hydrogens is 258 g/mol. The van der Waals surface area contributed by atoms with Crippen LogP contribution in [-0.4, -0.2) is 6.09 Å². The summed E-state index contributed by atoms with van der Waals surface area (Å²) in [5.41, 5.74) is 0. The van der Waals surface area contributed by atoms with Crippen LogP contribution in [0.1, 0.15) is 13.3 Å². The molecule has 1 aromatic carbocycles. The van der Waals surface area contributed by atoms with Gasteiger partial charge in [-0.3, -0.25) is 5.32 Å². The molecule has 0 heterocycles. The Labute approximate surface area is 97.3 Å². The molecule has 1 aromatic rings. The molecule has 0 saturated carbocycles. The van der Waals surface area contributed by atoms with Gasteiger partial charge in [-0.1, -0.05) is 28.9 Å². The molecule has 0 aliphatic heterocycles. The molecule has 1 rings (SSSR count). The van der Waals surface area contributed by atoms with Gasteiger partial charge in [0.05, 0.1) is 0 Å². The minimum Gasteiger partial charge on any atom is -0.410 e. The first-order valence-electron chi connectivity index (χ1n) is 4.61. The summed E-state index contributed by atoms with van der Waals surface area (Å²) in [5, 5.41) is 2.49. The molecule has 0 saturated heterocycles. The van der Waals surface area contributed by atoms with Crippen molar-refractivity contribution in [1.29, 1.82) is 0 Å². The van der Waals surface area contributed by atoms with E-state index >= 15 is 0 Å². The molecule has 1 N–H and O–H groups in total. The second-order valence-corrected chi connectivity index (χ2v) is 3.71. The SMILES string of the molecule is CCC=CNC(=O)Oc1ccc(Br)cc1. The molecule has 80 valence electrons. The highest BCUT2D eigenvalue weighted by molar-refractivity contribution is 9.10. The van der Waals surface area contributed by atoms with Gasteiger partial charge in [-0.05, 0) is 30.7 Å². The standard InChI is InChI=1S/C11H12BrNO2/c1-2-3-8-13-11(14)15-10-6-4-9(12)5-7-10/h3-8H,2H2,1H3,(H,13,14). The first kappa shape index (κ1) is 11.8. The summed E-state index contributed by atoms with van der Waals surface area (Å²) >= 11 is 3.30. The van der Waals surface area contributed by atoms with Crippen LogP contribution in [0.25, 0.3) is 0 Å². The van der Waals surface area contributed by atoms with Crippen molar-refractivity contribution in [2.75, 3.05) is 0 Å². The van der Waals surface area contributed by atoms with Crippen LogP contribution in [0.4, 0.5) is 4.79 Å². The van der Waals surface area contributed by atoms with Crippen molar-refractivity contribution in [1.82, 2.24) is 5.32 Å². The van der Waals surface area contributed by atoms with Crippen LogP contribution in [-0.2, 0) is 0 Å². The van der Waals surface area contributed by atoms with Gasteiger partial charge in [0, 0.05) is 10.7 Å². The van der Waals surface area contributed by atoms with Gasteiger partial charge in [-0.2, -0.15) is 0 Å². The van der Waals surface area contributed by atoms with Gasteiger partial charge in [0.25, 0.3) is 0 Å². The molecule has 0 radical (unpaired) electrons. The van der Waals surface area contributed by atoms with E-state index in [-0.39, 0.29) is 0 Å². The third-order valence-electron chi connectivity index (χ3n) is 1.58. The van der Waals surface area contributed by atoms with Crippen molar-refractivity contribution in [3.8, 4) is 5.75 Å². The van der Waals surface area contributed by atoms with Gasteiger partial charge in [-0.25, -0.2) is 4.79 Å². The van der Waals surface area contributed by atoms with Crippen LogP contribution >= 0.6 is 15.9 Å². The van der Waals surface area contributed by atoms with Crippen LogP contribution in [0, 0.1) is 0 Å². The maximum atomic E-state index is 11.2. The topological polar surface area (TPSA) is 38.3 Å². The molecule has 1 amide bonds. The summed E-state index contributed by atoms with van der Waals surface area (Å²) in [6.45, 7) is 1.98. The normalized spacial score (nSPS) is 10.3. The number of allylic oxidation sites excluding steroid dienone is 1. The third kappa shape index (κ3) is 4.65. The zero-order valence-corrected chi connectivity index (χ0v) is 9.95. The Morgan fingerprint density at radius 2 is 2.13 bits per heavy atom. The smallest absolute Gasteiger partial charge is 0.410 e. The number of halogens is 1. The van der Waals surface area contributed by atoms with E-state index in [2.05, 4.69) is 21.2 Å².